The van der Waals surface area contributed by atoms with Gasteiger partial charge >= 0.3 is 5.97 Å². The van der Waals surface area contributed by atoms with Crippen molar-refractivity contribution in [1.82, 2.24) is 0 Å². The Hall–Kier alpha value is -2.20. The molecule has 108 valence electrons. The van der Waals surface area contributed by atoms with Crippen molar-refractivity contribution in [2.75, 3.05) is 11.1 Å². The van der Waals surface area contributed by atoms with Gasteiger partial charge in [-0.15, -0.1) is 0 Å². The van der Waals surface area contributed by atoms with E-state index in [0.29, 0.717) is 5.75 Å². The van der Waals surface area contributed by atoms with E-state index in [4.69, 9.17) is 5.11 Å². The second kappa shape index (κ2) is 7.55. The minimum absolute atomic E-state index is 0.267. The molecule has 0 atom stereocenters. The summed E-state index contributed by atoms with van der Waals surface area (Å²) < 4.78 is 0. The van der Waals surface area contributed by atoms with Gasteiger partial charge in [-0.2, -0.15) is 12.6 Å². The van der Waals surface area contributed by atoms with Gasteiger partial charge in [-0.1, -0.05) is 36.4 Å². The van der Waals surface area contributed by atoms with Crippen LogP contribution in [0.4, 0.5) is 5.69 Å². The van der Waals surface area contributed by atoms with Crippen molar-refractivity contribution < 1.29 is 9.90 Å². The third-order valence-corrected chi connectivity index (χ3v) is 3.44. The molecule has 0 radical (unpaired) electrons. The Balaban J connectivity index is 2.07. The average molecular weight is 299 g/mol. The van der Waals surface area contributed by atoms with Crippen molar-refractivity contribution in [3.8, 4) is 0 Å². The second-order valence-electron chi connectivity index (χ2n) is 4.65. The lowest BCUT2D eigenvalue weighted by atomic mass is 10.1. The zero-order valence-corrected chi connectivity index (χ0v) is 12.4. The Bertz CT molecular complexity index is 638. The maximum Gasteiger partial charge on any atom is 0.335 e. The van der Waals surface area contributed by atoms with E-state index in [1.807, 2.05) is 30.5 Å². The van der Waals surface area contributed by atoms with E-state index >= 15 is 0 Å². The first-order valence-corrected chi connectivity index (χ1v) is 7.25. The van der Waals surface area contributed by atoms with Crippen LogP contribution in [-0.4, -0.2) is 16.8 Å². The van der Waals surface area contributed by atoms with Crippen LogP contribution in [0.25, 0.3) is 0 Å². The predicted molar refractivity (Wildman–Crippen MR) is 89.1 cm³/mol. The van der Waals surface area contributed by atoms with Crippen LogP contribution in [0.1, 0.15) is 15.9 Å². The van der Waals surface area contributed by atoms with Gasteiger partial charge in [0.1, 0.15) is 0 Å². The van der Waals surface area contributed by atoms with Gasteiger partial charge in [-0.25, -0.2) is 4.79 Å². The van der Waals surface area contributed by atoms with Crippen molar-refractivity contribution in [2.24, 2.45) is 0 Å². The summed E-state index contributed by atoms with van der Waals surface area (Å²) >= 11 is 4.34. The van der Waals surface area contributed by atoms with Crippen molar-refractivity contribution in [3.05, 3.63) is 77.5 Å². The van der Waals surface area contributed by atoms with Crippen LogP contribution in [0, 0.1) is 0 Å². The van der Waals surface area contributed by atoms with Crippen molar-refractivity contribution >= 4 is 24.3 Å². The summed E-state index contributed by atoms with van der Waals surface area (Å²) in [6.45, 7) is 0. The Morgan fingerprint density at radius 3 is 2.57 bits per heavy atom. The summed E-state index contributed by atoms with van der Waals surface area (Å²) in [6.07, 6.45) is 2.71. The number of anilines is 1. The number of carboxylic acids is 1. The molecular weight excluding hydrogens is 282 g/mol. The summed E-state index contributed by atoms with van der Waals surface area (Å²) in [5.41, 5.74) is 3.37. The molecule has 2 aromatic carbocycles. The molecule has 0 bridgehead atoms. The molecule has 0 aliphatic heterocycles. The van der Waals surface area contributed by atoms with Gasteiger partial charge in [-0.05, 0) is 35.8 Å². The number of rotatable bonds is 6. The fourth-order valence-electron chi connectivity index (χ4n) is 1.94. The van der Waals surface area contributed by atoms with Crippen LogP contribution in [0.3, 0.4) is 0 Å². The Morgan fingerprint density at radius 2 is 1.90 bits per heavy atom. The minimum atomic E-state index is -0.929. The molecule has 0 fully saturated rings. The van der Waals surface area contributed by atoms with Crippen LogP contribution in [0.15, 0.2) is 66.4 Å². The molecule has 0 heterocycles. The molecule has 3 nitrogen and oxygen atoms in total. The second-order valence-corrected chi connectivity index (χ2v) is 4.97. The van der Waals surface area contributed by atoms with E-state index in [9.17, 15) is 4.79 Å². The van der Waals surface area contributed by atoms with Gasteiger partial charge in [0, 0.05) is 17.6 Å². The minimum Gasteiger partial charge on any atom is -0.478 e. The highest BCUT2D eigenvalue weighted by atomic mass is 32.1. The summed E-state index contributed by atoms with van der Waals surface area (Å²) in [5.74, 6) is -0.290. The molecule has 0 saturated heterocycles. The molecule has 21 heavy (non-hydrogen) atoms. The quantitative estimate of drug-likeness (QED) is 0.710. The first-order valence-electron chi connectivity index (χ1n) is 6.61. The molecule has 0 aliphatic carbocycles. The van der Waals surface area contributed by atoms with Gasteiger partial charge in [0.15, 0.2) is 0 Å². The van der Waals surface area contributed by atoms with Gasteiger partial charge in [0.25, 0.3) is 0 Å². The first kappa shape index (κ1) is 15.2. The SMILES string of the molecule is O=C(O)c1cccc(NC=C(CS)Cc2ccccc2)c1. The van der Waals surface area contributed by atoms with Crippen LogP contribution in [-0.2, 0) is 6.42 Å². The first-order chi connectivity index (χ1) is 10.2. The lowest BCUT2D eigenvalue weighted by molar-refractivity contribution is 0.0697. The van der Waals surface area contributed by atoms with Crippen LogP contribution in [0.5, 0.6) is 0 Å². The number of benzene rings is 2. The molecule has 0 spiro atoms. The highest BCUT2D eigenvalue weighted by Crippen LogP contribution is 2.13. The largest absolute Gasteiger partial charge is 0.478 e. The van der Waals surface area contributed by atoms with Gasteiger partial charge in [0.2, 0.25) is 0 Å². The van der Waals surface area contributed by atoms with E-state index in [2.05, 4.69) is 30.1 Å². The molecule has 0 aliphatic rings. The fraction of sp³-hybridized carbons (Fsp3) is 0.118. The zero-order valence-electron chi connectivity index (χ0n) is 11.5. The lowest BCUT2D eigenvalue weighted by Crippen LogP contribution is -2.00. The molecule has 0 saturated carbocycles. The number of carbonyl (C=O) groups is 1. The van der Waals surface area contributed by atoms with Gasteiger partial charge in [-0.3, -0.25) is 0 Å². The number of carboxylic acid groups (broad SMARTS) is 1. The number of thiol groups is 1. The topological polar surface area (TPSA) is 49.3 Å². The fourth-order valence-corrected chi connectivity index (χ4v) is 2.14. The van der Waals surface area contributed by atoms with Crippen LogP contribution >= 0.6 is 12.6 Å². The normalized spacial score (nSPS) is 11.2. The Labute approximate surface area is 129 Å². The van der Waals surface area contributed by atoms with E-state index in [1.165, 1.54) is 5.56 Å². The third-order valence-electron chi connectivity index (χ3n) is 3.03. The van der Waals surface area contributed by atoms with Crippen molar-refractivity contribution in [1.29, 1.82) is 0 Å². The Kier molecular flexibility index (Phi) is 5.46. The molecule has 4 heteroatoms. The summed E-state index contributed by atoms with van der Waals surface area (Å²) in [4.78, 5) is 10.9. The number of hydrogen-bond donors (Lipinski definition) is 3. The molecule has 0 amide bonds. The van der Waals surface area contributed by atoms with Gasteiger partial charge in [0.05, 0.1) is 5.56 Å². The number of hydrogen-bond acceptors (Lipinski definition) is 3. The number of aromatic carboxylic acids is 1. The van der Waals surface area contributed by atoms with E-state index in [0.717, 1.165) is 17.7 Å². The van der Waals surface area contributed by atoms with E-state index in [-0.39, 0.29) is 5.56 Å². The highest BCUT2D eigenvalue weighted by Gasteiger charge is 2.03. The molecule has 2 aromatic rings. The van der Waals surface area contributed by atoms with E-state index < -0.39 is 5.97 Å². The summed E-state index contributed by atoms with van der Waals surface area (Å²) in [6, 6.07) is 16.9. The van der Waals surface area contributed by atoms with Crippen molar-refractivity contribution in [2.45, 2.75) is 6.42 Å². The maximum atomic E-state index is 10.9. The number of nitrogens with one attached hydrogen (secondary N) is 1. The maximum absolute atomic E-state index is 10.9. The smallest absolute Gasteiger partial charge is 0.335 e. The molecule has 0 aromatic heterocycles. The van der Waals surface area contributed by atoms with Crippen LogP contribution in [0.2, 0.25) is 0 Å². The molecule has 0 unspecified atom stereocenters. The average Bonchev–Trinajstić information content (AvgIpc) is 2.52. The Morgan fingerprint density at radius 1 is 1.14 bits per heavy atom. The standard InChI is InChI=1S/C17H17NO2S/c19-17(20)15-7-4-8-16(10-15)18-11-14(12-21)9-13-5-2-1-3-6-13/h1-8,10-11,18,21H,9,12H2,(H,19,20). The lowest BCUT2D eigenvalue weighted by Gasteiger charge is -2.07. The van der Waals surface area contributed by atoms with Gasteiger partial charge < -0.3 is 10.4 Å². The van der Waals surface area contributed by atoms with Crippen molar-refractivity contribution in [3.63, 3.8) is 0 Å². The predicted octanol–water partition coefficient (Wildman–Crippen LogP) is 3.85. The highest BCUT2D eigenvalue weighted by molar-refractivity contribution is 7.80. The summed E-state index contributed by atoms with van der Waals surface area (Å²) in [5, 5.41) is 12.1. The molecule has 2 rings (SSSR count). The third kappa shape index (κ3) is 4.68. The molecule has 2 N–H and O–H groups in total. The van der Waals surface area contributed by atoms with Crippen LogP contribution < -0.4 is 5.32 Å². The van der Waals surface area contributed by atoms with E-state index in [1.54, 1.807) is 18.2 Å². The molecular formula is C17H17NO2S. The zero-order chi connectivity index (χ0) is 15.1. The summed E-state index contributed by atoms with van der Waals surface area (Å²) in [7, 11) is 0. The monoisotopic (exact) mass is 299 g/mol.